The third-order valence-corrected chi connectivity index (χ3v) is 2.49. The molecule has 0 bridgehead atoms. The van der Waals surface area contributed by atoms with Crippen LogP contribution in [0.15, 0.2) is 24.3 Å². The van der Waals surface area contributed by atoms with E-state index in [1.54, 1.807) is 6.07 Å². The third kappa shape index (κ3) is 3.29. The topological polar surface area (TPSA) is 18.5 Å². The maximum absolute atomic E-state index is 12.8. The van der Waals surface area contributed by atoms with Crippen LogP contribution < -0.4 is 0 Å². The van der Waals surface area contributed by atoms with E-state index in [4.69, 9.17) is 9.47 Å². The van der Waals surface area contributed by atoms with Crippen LogP contribution in [-0.2, 0) is 16.1 Å². The molecule has 3 heteroatoms. The van der Waals surface area contributed by atoms with E-state index in [0.717, 1.165) is 25.0 Å². The van der Waals surface area contributed by atoms with Gasteiger partial charge in [-0.2, -0.15) is 0 Å². The van der Waals surface area contributed by atoms with Gasteiger partial charge in [-0.25, -0.2) is 4.39 Å². The fourth-order valence-corrected chi connectivity index (χ4v) is 1.71. The molecule has 1 aromatic rings. The van der Waals surface area contributed by atoms with Gasteiger partial charge in [-0.15, -0.1) is 0 Å². The van der Waals surface area contributed by atoms with Gasteiger partial charge in [0.2, 0.25) is 0 Å². The summed E-state index contributed by atoms with van der Waals surface area (Å²) in [6.45, 7) is 1.90. The van der Waals surface area contributed by atoms with E-state index < -0.39 is 0 Å². The highest BCUT2D eigenvalue weighted by Crippen LogP contribution is 2.13. The first-order chi connectivity index (χ1) is 7.34. The third-order valence-electron chi connectivity index (χ3n) is 2.49. The summed E-state index contributed by atoms with van der Waals surface area (Å²) >= 11 is 0. The molecule has 1 saturated heterocycles. The molecule has 0 spiro atoms. The first kappa shape index (κ1) is 10.6. The molecular weight excluding hydrogens is 195 g/mol. The van der Waals surface area contributed by atoms with E-state index >= 15 is 0 Å². The molecule has 0 radical (unpaired) electrons. The molecule has 1 aliphatic heterocycles. The Balaban J connectivity index is 1.73. The van der Waals surface area contributed by atoms with E-state index in [0.29, 0.717) is 13.2 Å². The van der Waals surface area contributed by atoms with Crippen molar-refractivity contribution in [1.29, 1.82) is 0 Å². The summed E-state index contributed by atoms with van der Waals surface area (Å²) in [6, 6.07) is 6.48. The molecule has 82 valence electrons. The van der Waals surface area contributed by atoms with E-state index in [1.165, 1.54) is 12.1 Å². The van der Waals surface area contributed by atoms with Crippen molar-refractivity contribution in [3.05, 3.63) is 35.6 Å². The molecule has 2 rings (SSSR count). The van der Waals surface area contributed by atoms with Crippen LogP contribution in [0.5, 0.6) is 0 Å². The number of hydrogen-bond acceptors (Lipinski definition) is 2. The summed E-state index contributed by atoms with van der Waals surface area (Å²) < 4.78 is 23.7. The van der Waals surface area contributed by atoms with Crippen LogP contribution in [0.4, 0.5) is 4.39 Å². The van der Waals surface area contributed by atoms with Crippen molar-refractivity contribution in [2.75, 3.05) is 13.2 Å². The van der Waals surface area contributed by atoms with E-state index in [1.807, 2.05) is 6.07 Å². The van der Waals surface area contributed by atoms with Gasteiger partial charge in [0.1, 0.15) is 5.82 Å². The fraction of sp³-hybridized carbons (Fsp3) is 0.500. The van der Waals surface area contributed by atoms with Crippen molar-refractivity contribution in [3.8, 4) is 0 Å². The Labute approximate surface area is 89.0 Å². The highest BCUT2D eigenvalue weighted by Gasteiger charge is 2.15. The Morgan fingerprint density at radius 3 is 3.13 bits per heavy atom. The minimum absolute atomic E-state index is 0.215. The van der Waals surface area contributed by atoms with Gasteiger partial charge in [0.25, 0.3) is 0 Å². The van der Waals surface area contributed by atoms with Crippen LogP contribution in [-0.4, -0.2) is 19.3 Å². The van der Waals surface area contributed by atoms with Gasteiger partial charge in [0, 0.05) is 6.61 Å². The summed E-state index contributed by atoms with van der Waals surface area (Å²) in [6.07, 6.45) is 2.43. The van der Waals surface area contributed by atoms with Crippen molar-refractivity contribution >= 4 is 0 Å². The molecule has 1 aliphatic rings. The van der Waals surface area contributed by atoms with E-state index in [-0.39, 0.29) is 11.9 Å². The Morgan fingerprint density at radius 1 is 1.47 bits per heavy atom. The summed E-state index contributed by atoms with van der Waals surface area (Å²) in [5, 5.41) is 0. The molecule has 0 aromatic heterocycles. The molecular formula is C12H15FO2. The van der Waals surface area contributed by atoms with E-state index in [2.05, 4.69) is 0 Å². The maximum atomic E-state index is 12.8. The molecule has 0 N–H and O–H groups in total. The number of benzene rings is 1. The molecule has 0 amide bonds. The zero-order valence-corrected chi connectivity index (χ0v) is 8.62. The largest absolute Gasteiger partial charge is 0.376 e. The molecule has 2 nitrogen and oxygen atoms in total. The average molecular weight is 210 g/mol. The lowest BCUT2D eigenvalue weighted by molar-refractivity contribution is 0.0105. The quantitative estimate of drug-likeness (QED) is 0.760. The monoisotopic (exact) mass is 210 g/mol. The van der Waals surface area contributed by atoms with Crippen LogP contribution in [0.3, 0.4) is 0 Å². The summed E-state index contributed by atoms with van der Waals surface area (Å²) in [4.78, 5) is 0. The highest BCUT2D eigenvalue weighted by molar-refractivity contribution is 5.15. The minimum atomic E-state index is -0.215. The summed E-state index contributed by atoms with van der Waals surface area (Å²) in [5.41, 5.74) is 0.869. The highest BCUT2D eigenvalue weighted by atomic mass is 19.1. The maximum Gasteiger partial charge on any atom is 0.123 e. The molecule has 1 fully saturated rings. The zero-order valence-electron chi connectivity index (χ0n) is 8.62. The van der Waals surface area contributed by atoms with Crippen molar-refractivity contribution in [1.82, 2.24) is 0 Å². The second-order valence-corrected chi connectivity index (χ2v) is 3.78. The Bertz CT molecular complexity index is 308. The van der Waals surface area contributed by atoms with Gasteiger partial charge in [0.05, 0.1) is 19.3 Å². The van der Waals surface area contributed by atoms with Gasteiger partial charge < -0.3 is 9.47 Å². The minimum Gasteiger partial charge on any atom is -0.376 e. The predicted molar refractivity (Wildman–Crippen MR) is 55.0 cm³/mol. The SMILES string of the molecule is Fc1cccc(COC[C@@H]2CCCO2)c1. The molecule has 0 unspecified atom stereocenters. The lowest BCUT2D eigenvalue weighted by Gasteiger charge is -2.09. The molecule has 0 aliphatic carbocycles. The fourth-order valence-electron chi connectivity index (χ4n) is 1.71. The van der Waals surface area contributed by atoms with Crippen LogP contribution >= 0.6 is 0 Å². The van der Waals surface area contributed by atoms with Gasteiger partial charge in [0.15, 0.2) is 0 Å². The van der Waals surface area contributed by atoms with Crippen LogP contribution in [0, 0.1) is 5.82 Å². The van der Waals surface area contributed by atoms with Gasteiger partial charge >= 0.3 is 0 Å². The number of hydrogen-bond donors (Lipinski definition) is 0. The lowest BCUT2D eigenvalue weighted by atomic mass is 10.2. The van der Waals surface area contributed by atoms with Crippen LogP contribution in [0.1, 0.15) is 18.4 Å². The summed E-state index contributed by atoms with van der Waals surface area (Å²) in [5.74, 6) is -0.215. The normalized spacial score (nSPS) is 20.7. The number of rotatable bonds is 4. The zero-order chi connectivity index (χ0) is 10.5. The van der Waals surface area contributed by atoms with Crippen LogP contribution in [0.2, 0.25) is 0 Å². The summed E-state index contributed by atoms with van der Waals surface area (Å²) in [7, 11) is 0. The van der Waals surface area contributed by atoms with Crippen molar-refractivity contribution in [2.45, 2.75) is 25.6 Å². The van der Waals surface area contributed by atoms with Gasteiger partial charge in [-0.05, 0) is 30.5 Å². The molecule has 1 heterocycles. The molecule has 0 saturated carbocycles. The number of ether oxygens (including phenoxy) is 2. The van der Waals surface area contributed by atoms with E-state index in [9.17, 15) is 4.39 Å². The molecule has 1 atom stereocenters. The average Bonchev–Trinajstić information content (AvgIpc) is 2.71. The lowest BCUT2D eigenvalue weighted by Crippen LogP contribution is -2.13. The second-order valence-electron chi connectivity index (χ2n) is 3.78. The Kier molecular flexibility index (Phi) is 3.69. The molecule has 15 heavy (non-hydrogen) atoms. The second kappa shape index (κ2) is 5.24. The van der Waals surface area contributed by atoms with Crippen molar-refractivity contribution < 1.29 is 13.9 Å². The first-order valence-corrected chi connectivity index (χ1v) is 5.28. The van der Waals surface area contributed by atoms with Crippen LogP contribution in [0.25, 0.3) is 0 Å². The molecule has 1 aromatic carbocycles. The standard InChI is InChI=1S/C12H15FO2/c13-11-4-1-3-10(7-11)8-14-9-12-5-2-6-15-12/h1,3-4,7,12H,2,5-6,8-9H2/t12-/m0/s1. The van der Waals surface area contributed by atoms with Crippen molar-refractivity contribution in [3.63, 3.8) is 0 Å². The first-order valence-electron chi connectivity index (χ1n) is 5.28. The van der Waals surface area contributed by atoms with Gasteiger partial charge in [-0.1, -0.05) is 12.1 Å². The Morgan fingerprint density at radius 2 is 2.40 bits per heavy atom. The Hall–Kier alpha value is -0.930. The van der Waals surface area contributed by atoms with Crippen molar-refractivity contribution in [2.24, 2.45) is 0 Å². The smallest absolute Gasteiger partial charge is 0.123 e. The predicted octanol–water partition coefficient (Wildman–Crippen LogP) is 2.52. The van der Waals surface area contributed by atoms with Gasteiger partial charge in [-0.3, -0.25) is 0 Å². The number of halogens is 1.